The number of rotatable bonds is 4. The van der Waals surface area contributed by atoms with Crippen LogP contribution in [0.3, 0.4) is 0 Å². The van der Waals surface area contributed by atoms with E-state index in [1.807, 2.05) is 0 Å². The fraction of sp³-hybridized carbons (Fsp3) is 0.400. The summed E-state index contributed by atoms with van der Waals surface area (Å²) in [7, 11) is -3.32. The van der Waals surface area contributed by atoms with Crippen LogP contribution in [0.15, 0.2) is 23.2 Å². The highest BCUT2D eigenvalue weighted by Crippen LogP contribution is 2.41. The second-order valence-corrected chi connectivity index (χ2v) is 9.31. The molecule has 0 aliphatic carbocycles. The van der Waals surface area contributed by atoms with Gasteiger partial charge in [-0.05, 0) is 12.1 Å². The maximum atomic E-state index is 14.3. The molecule has 2 fully saturated rings. The van der Waals surface area contributed by atoms with Crippen LogP contribution in [0.5, 0.6) is 0 Å². The fourth-order valence-electron chi connectivity index (χ4n) is 2.90. The number of amidine groups is 1. The van der Waals surface area contributed by atoms with Gasteiger partial charge in [-0.25, -0.2) is 17.2 Å². The number of aliphatic carboxylic acids is 1. The van der Waals surface area contributed by atoms with Crippen molar-refractivity contribution in [3.05, 3.63) is 29.8 Å². The van der Waals surface area contributed by atoms with E-state index in [1.165, 1.54) is 4.90 Å². The number of hydrogen-bond donors (Lipinski definition) is 1. The summed E-state index contributed by atoms with van der Waals surface area (Å²) in [5, 5.41) is 8.30. The summed E-state index contributed by atoms with van der Waals surface area (Å²) in [5.74, 6) is -3.91. The topological polar surface area (TPSA) is 104 Å². The number of carbonyl (C=O) groups excluding carboxylic acids is 1. The first-order valence-electron chi connectivity index (χ1n) is 7.61. The van der Waals surface area contributed by atoms with E-state index in [2.05, 4.69) is 4.99 Å². The van der Waals surface area contributed by atoms with Crippen LogP contribution in [0, 0.1) is 11.6 Å². The van der Waals surface area contributed by atoms with Crippen LogP contribution < -0.4 is 4.90 Å². The minimum absolute atomic E-state index is 0.0757. The molecule has 7 nitrogen and oxygen atoms in total. The number of carbonyl (C=O) groups is 2. The van der Waals surface area contributed by atoms with Crippen LogP contribution in [0.25, 0.3) is 0 Å². The Morgan fingerprint density at radius 1 is 1.27 bits per heavy atom. The van der Waals surface area contributed by atoms with Gasteiger partial charge in [0.1, 0.15) is 11.6 Å². The number of thioether (sulfide) groups is 1. The van der Waals surface area contributed by atoms with Crippen molar-refractivity contribution >= 4 is 44.3 Å². The van der Waals surface area contributed by atoms with Gasteiger partial charge in [0.15, 0.2) is 15.0 Å². The van der Waals surface area contributed by atoms with E-state index in [9.17, 15) is 26.8 Å². The molecule has 1 aromatic carbocycles. The number of amides is 1. The van der Waals surface area contributed by atoms with Crippen molar-refractivity contribution in [3.8, 4) is 0 Å². The molecule has 3 rings (SSSR count). The third-order valence-corrected chi connectivity index (χ3v) is 7.22. The predicted molar refractivity (Wildman–Crippen MR) is 92.0 cm³/mol. The van der Waals surface area contributed by atoms with Gasteiger partial charge in [-0.1, -0.05) is 11.8 Å². The van der Waals surface area contributed by atoms with Crippen LogP contribution in [-0.4, -0.2) is 53.4 Å². The number of sulfone groups is 1. The Bertz CT molecular complexity index is 903. The Morgan fingerprint density at radius 2 is 2.00 bits per heavy atom. The van der Waals surface area contributed by atoms with E-state index in [0.29, 0.717) is 6.07 Å². The number of aliphatic imine (C=N–C) groups is 1. The van der Waals surface area contributed by atoms with Crippen LogP contribution in [0.1, 0.15) is 12.8 Å². The molecule has 26 heavy (non-hydrogen) atoms. The van der Waals surface area contributed by atoms with Gasteiger partial charge >= 0.3 is 5.97 Å². The van der Waals surface area contributed by atoms with E-state index < -0.39 is 51.1 Å². The molecule has 2 aliphatic rings. The van der Waals surface area contributed by atoms with Crippen LogP contribution in [0.2, 0.25) is 0 Å². The van der Waals surface area contributed by atoms with Crippen molar-refractivity contribution in [2.45, 2.75) is 24.1 Å². The molecule has 0 unspecified atom stereocenters. The van der Waals surface area contributed by atoms with Gasteiger partial charge < -0.3 is 10.0 Å². The summed E-state index contributed by atoms with van der Waals surface area (Å²) in [6, 6.07) is 2.23. The Kier molecular flexibility index (Phi) is 5.02. The standard InChI is InChI=1S/C15H14F2N2O5S2/c16-8-1-2-10(9(17)5-8)19-11-6-26(23,24)7-12(11)25-15(19)18-13(20)3-4-14(21)22/h1-2,5,11-12H,3-4,6-7H2,(H,21,22)/t11-,12-/m0/s1. The highest BCUT2D eigenvalue weighted by atomic mass is 32.2. The summed E-state index contributed by atoms with van der Waals surface area (Å²) >= 11 is 1.03. The van der Waals surface area contributed by atoms with E-state index >= 15 is 0 Å². The van der Waals surface area contributed by atoms with E-state index in [-0.39, 0.29) is 28.8 Å². The van der Waals surface area contributed by atoms with Crippen LogP contribution in [0.4, 0.5) is 14.5 Å². The lowest BCUT2D eigenvalue weighted by Crippen LogP contribution is -2.38. The van der Waals surface area contributed by atoms with Gasteiger partial charge in [0.2, 0.25) is 5.91 Å². The minimum Gasteiger partial charge on any atom is -0.481 e. The minimum atomic E-state index is -3.32. The Balaban J connectivity index is 1.96. The lowest BCUT2D eigenvalue weighted by molar-refractivity contribution is -0.138. The lowest BCUT2D eigenvalue weighted by Gasteiger charge is -2.24. The quantitative estimate of drug-likeness (QED) is 0.810. The van der Waals surface area contributed by atoms with E-state index in [0.717, 1.165) is 23.9 Å². The first-order valence-corrected chi connectivity index (χ1v) is 10.3. The second kappa shape index (κ2) is 6.95. The van der Waals surface area contributed by atoms with Gasteiger partial charge in [0, 0.05) is 17.7 Å². The van der Waals surface area contributed by atoms with Crippen LogP contribution >= 0.6 is 11.8 Å². The number of hydrogen-bond acceptors (Lipinski definition) is 5. The first-order chi connectivity index (χ1) is 12.2. The summed E-state index contributed by atoms with van der Waals surface area (Å²) in [5.41, 5.74) is -0.0757. The van der Waals surface area contributed by atoms with Crippen molar-refractivity contribution in [2.24, 2.45) is 4.99 Å². The molecule has 0 aromatic heterocycles. The maximum absolute atomic E-state index is 14.3. The van der Waals surface area contributed by atoms with E-state index in [1.54, 1.807) is 0 Å². The Hall–Kier alpha value is -2.01. The molecule has 1 aromatic rings. The Morgan fingerprint density at radius 3 is 2.65 bits per heavy atom. The maximum Gasteiger partial charge on any atom is 0.303 e. The molecule has 1 N–H and O–H groups in total. The van der Waals surface area contributed by atoms with Gasteiger partial charge in [-0.3, -0.25) is 9.59 Å². The summed E-state index contributed by atoms with van der Waals surface area (Å²) in [6.07, 6.45) is -0.723. The number of benzene rings is 1. The summed E-state index contributed by atoms with van der Waals surface area (Å²) in [4.78, 5) is 27.6. The lowest BCUT2D eigenvalue weighted by atomic mass is 10.2. The first kappa shape index (κ1) is 18.8. The second-order valence-electron chi connectivity index (χ2n) is 5.95. The third-order valence-electron chi connectivity index (χ3n) is 4.01. The molecule has 0 bridgehead atoms. The number of carboxylic acid groups (broad SMARTS) is 1. The molecule has 1 amide bonds. The SMILES string of the molecule is O=C(O)CCC(=O)N=C1S[C@H]2CS(=O)(=O)C[C@@H]2N1c1ccc(F)cc1F. The fourth-order valence-corrected chi connectivity index (χ4v) is 6.82. The van der Waals surface area contributed by atoms with Crippen molar-refractivity contribution in [1.82, 2.24) is 0 Å². The molecular formula is C15H14F2N2O5S2. The molecule has 140 valence electrons. The molecule has 2 saturated heterocycles. The van der Waals surface area contributed by atoms with Crippen LogP contribution in [-0.2, 0) is 19.4 Å². The smallest absolute Gasteiger partial charge is 0.303 e. The average molecular weight is 404 g/mol. The third kappa shape index (κ3) is 3.88. The zero-order valence-corrected chi connectivity index (χ0v) is 14.9. The predicted octanol–water partition coefficient (Wildman–Crippen LogP) is 1.43. The highest BCUT2D eigenvalue weighted by molar-refractivity contribution is 8.16. The zero-order valence-electron chi connectivity index (χ0n) is 13.3. The summed E-state index contributed by atoms with van der Waals surface area (Å²) < 4.78 is 51.3. The zero-order chi connectivity index (χ0) is 19.1. The normalized spacial score (nSPS) is 25.5. The van der Waals surface area contributed by atoms with Gasteiger partial charge in [0.25, 0.3) is 0 Å². The van der Waals surface area contributed by atoms with E-state index in [4.69, 9.17) is 5.11 Å². The van der Waals surface area contributed by atoms with Gasteiger partial charge in [0.05, 0.1) is 29.7 Å². The van der Waals surface area contributed by atoms with Crippen molar-refractivity contribution < 1.29 is 31.9 Å². The molecule has 0 spiro atoms. The van der Waals surface area contributed by atoms with Gasteiger partial charge in [-0.15, -0.1) is 0 Å². The number of nitrogens with zero attached hydrogens (tertiary/aromatic N) is 2. The average Bonchev–Trinajstić information content (AvgIpc) is 2.97. The molecule has 0 radical (unpaired) electrons. The molecule has 2 atom stereocenters. The largest absolute Gasteiger partial charge is 0.481 e. The molecule has 2 aliphatic heterocycles. The molecule has 0 saturated carbocycles. The van der Waals surface area contributed by atoms with Gasteiger partial charge in [-0.2, -0.15) is 4.99 Å². The highest BCUT2D eigenvalue weighted by Gasteiger charge is 2.50. The molecule has 11 heteroatoms. The van der Waals surface area contributed by atoms with Crippen molar-refractivity contribution in [2.75, 3.05) is 16.4 Å². The summed E-state index contributed by atoms with van der Waals surface area (Å²) in [6.45, 7) is 0. The molecular weight excluding hydrogens is 390 g/mol. The van der Waals surface area contributed by atoms with Crippen molar-refractivity contribution in [3.63, 3.8) is 0 Å². The number of carboxylic acids is 1. The molecule has 2 heterocycles. The number of fused-ring (bicyclic) bond motifs is 1. The van der Waals surface area contributed by atoms with Crippen molar-refractivity contribution in [1.29, 1.82) is 0 Å². The number of halogens is 2. The monoisotopic (exact) mass is 404 g/mol. The number of anilines is 1. The Labute approximate surface area is 152 Å².